The van der Waals surface area contributed by atoms with Gasteiger partial charge in [0.25, 0.3) is 0 Å². The molecule has 3 aliphatic rings. The molecule has 0 radical (unpaired) electrons. The van der Waals surface area contributed by atoms with E-state index in [1.165, 1.54) is 0 Å². The molecule has 0 aromatic carbocycles. The summed E-state index contributed by atoms with van der Waals surface area (Å²) in [6.45, 7) is 9.27. The Balaban J connectivity index is 1.34. The van der Waals surface area contributed by atoms with E-state index in [9.17, 15) is 14.4 Å². The molecule has 0 saturated carbocycles. The van der Waals surface area contributed by atoms with E-state index in [0.29, 0.717) is 24.9 Å². The van der Waals surface area contributed by atoms with Crippen molar-refractivity contribution in [3.63, 3.8) is 0 Å². The molecule has 3 amide bonds. The van der Waals surface area contributed by atoms with Crippen molar-refractivity contribution in [3.05, 3.63) is 17.8 Å². The summed E-state index contributed by atoms with van der Waals surface area (Å²) >= 11 is 0. The molecule has 4 heterocycles. The van der Waals surface area contributed by atoms with E-state index in [-0.39, 0.29) is 42.5 Å². The maximum atomic E-state index is 12.6. The number of carbonyl (C=O) groups excluding carboxylic acids is 3. The highest BCUT2D eigenvalue weighted by Gasteiger charge is 2.43. The predicted octanol–water partition coefficient (Wildman–Crippen LogP) is 0.818. The van der Waals surface area contributed by atoms with E-state index in [1.807, 2.05) is 12.1 Å². The van der Waals surface area contributed by atoms with Gasteiger partial charge in [0, 0.05) is 56.3 Å². The van der Waals surface area contributed by atoms with Gasteiger partial charge in [-0.15, -0.1) is 5.10 Å². The third-order valence-electron chi connectivity index (χ3n) is 6.03. The van der Waals surface area contributed by atoms with E-state index in [2.05, 4.69) is 35.9 Å². The number of anilines is 1. The number of hydrogen-bond donors (Lipinski definition) is 0. The van der Waals surface area contributed by atoms with Crippen LogP contribution in [0.2, 0.25) is 0 Å². The zero-order valence-electron chi connectivity index (χ0n) is 16.7. The Bertz CT molecular complexity index is 771. The molecule has 150 valence electrons. The molecule has 0 bridgehead atoms. The second-order valence-electron chi connectivity index (χ2n) is 9.12. The van der Waals surface area contributed by atoms with Gasteiger partial charge in [-0.1, -0.05) is 20.8 Å². The van der Waals surface area contributed by atoms with Gasteiger partial charge in [-0.25, -0.2) is 0 Å². The molecule has 2 unspecified atom stereocenters. The molecule has 28 heavy (non-hydrogen) atoms. The van der Waals surface area contributed by atoms with Crippen LogP contribution in [-0.2, 0) is 19.8 Å². The number of amides is 3. The minimum atomic E-state index is -0.235. The molecular weight excluding hydrogens is 358 g/mol. The Morgan fingerprint density at radius 1 is 1.00 bits per heavy atom. The third-order valence-corrected chi connectivity index (χ3v) is 6.03. The fourth-order valence-electron chi connectivity index (χ4n) is 4.31. The van der Waals surface area contributed by atoms with E-state index in [0.717, 1.165) is 29.5 Å². The molecule has 0 spiro atoms. The topological polar surface area (TPSA) is 86.7 Å². The smallest absolute Gasteiger partial charge is 0.242 e. The van der Waals surface area contributed by atoms with Crippen LogP contribution in [-0.4, -0.2) is 70.4 Å². The summed E-state index contributed by atoms with van der Waals surface area (Å²) in [5.41, 5.74) is 0.949. The molecule has 8 nitrogen and oxygen atoms in total. The van der Waals surface area contributed by atoms with Gasteiger partial charge in [0.1, 0.15) is 6.54 Å². The van der Waals surface area contributed by atoms with Crippen molar-refractivity contribution in [3.8, 4) is 0 Å². The van der Waals surface area contributed by atoms with Crippen LogP contribution in [0, 0.1) is 11.8 Å². The highest BCUT2D eigenvalue weighted by atomic mass is 16.2. The van der Waals surface area contributed by atoms with Crippen molar-refractivity contribution < 1.29 is 14.4 Å². The molecule has 1 aromatic rings. The quantitative estimate of drug-likeness (QED) is 0.716. The Hall–Kier alpha value is -2.51. The Morgan fingerprint density at radius 3 is 2.11 bits per heavy atom. The van der Waals surface area contributed by atoms with Crippen molar-refractivity contribution in [1.82, 2.24) is 20.0 Å². The predicted molar refractivity (Wildman–Crippen MR) is 102 cm³/mol. The van der Waals surface area contributed by atoms with Crippen LogP contribution in [0.25, 0.3) is 0 Å². The number of fused-ring (bicyclic) bond motifs is 1. The minimum Gasteiger partial charge on any atom is -0.354 e. The van der Waals surface area contributed by atoms with Crippen molar-refractivity contribution in [2.45, 2.75) is 39.0 Å². The monoisotopic (exact) mass is 385 g/mol. The third kappa shape index (κ3) is 3.47. The number of carbonyl (C=O) groups is 3. The van der Waals surface area contributed by atoms with Crippen molar-refractivity contribution in [2.75, 3.05) is 37.6 Å². The molecule has 3 aliphatic heterocycles. The first-order chi connectivity index (χ1) is 13.2. The van der Waals surface area contributed by atoms with Crippen LogP contribution in [0.1, 0.15) is 39.3 Å². The maximum absolute atomic E-state index is 12.6. The van der Waals surface area contributed by atoms with Gasteiger partial charge in [0.2, 0.25) is 17.7 Å². The Labute approximate surface area is 164 Å². The summed E-state index contributed by atoms with van der Waals surface area (Å²) in [5, 5.41) is 8.79. The lowest BCUT2D eigenvalue weighted by Gasteiger charge is -2.24. The summed E-state index contributed by atoms with van der Waals surface area (Å²) in [4.78, 5) is 41.2. The number of aromatic nitrogens is 2. The van der Waals surface area contributed by atoms with Crippen LogP contribution in [0.15, 0.2) is 12.1 Å². The largest absolute Gasteiger partial charge is 0.354 e. The summed E-state index contributed by atoms with van der Waals surface area (Å²) in [5.74, 6) is 1.06. The zero-order chi connectivity index (χ0) is 20.1. The van der Waals surface area contributed by atoms with Gasteiger partial charge in [-0.2, -0.15) is 5.10 Å². The van der Waals surface area contributed by atoms with Gasteiger partial charge in [-0.05, 0) is 12.1 Å². The van der Waals surface area contributed by atoms with Crippen LogP contribution < -0.4 is 4.90 Å². The van der Waals surface area contributed by atoms with Crippen LogP contribution >= 0.6 is 0 Å². The van der Waals surface area contributed by atoms with E-state index >= 15 is 0 Å². The first kappa shape index (κ1) is 18.8. The molecule has 8 heteroatoms. The van der Waals surface area contributed by atoms with Gasteiger partial charge in [-0.3, -0.25) is 19.3 Å². The van der Waals surface area contributed by atoms with Crippen molar-refractivity contribution in [2.24, 2.45) is 11.8 Å². The van der Waals surface area contributed by atoms with Crippen LogP contribution in [0.4, 0.5) is 5.82 Å². The standard InChI is InChI=1S/C20H27N5O3/c1-20(2,3)15-4-5-16(22-21-15)23-8-13-10-24(11-14(13)9-23)19(28)12-25-17(26)6-7-18(25)27/h4-5,13-14H,6-12H2,1-3H3. The molecule has 0 aliphatic carbocycles. The second kappa shape index (κ2) is 6.83. The lowest BCUT2D eigenvalue weighted by molar-refractivity contribution is -0.145. The van der Waals surface area contributed by atoms with Crippen LogP contribution in [0.5, 0.6) is 0 Å². The number of imide groups is 1. The average Bonchev–Trinajstić information content (AvgIpc) is 3.30. The molecular formula is C20H27N5O3. The minimum absolute atomic E-state index is 0.0218. The Kier molecular flexibility index (Phi) is 4.59. The molecule has 3 saturated heterocycles. The van der Waals surface area contributed by atoms with Gasteiger partial charge in [0.05, 0.1) is 5.69 Å². The number of nitrogens with zero attached hydrogens (tertiary/aromatic N) is 5. The molecule has 2 atom stereocenters. The SMILES string of the molecule is CC(C)(C)c1ccc(N2CC3CN(C(=O)CN4C(=O)CCC4=O)CC3C2)nn1. The number of hydrogen-bond acceptors (Lipinski definition) is 6. The molecule has 3 fully saturated rings. The number of likely N-dealkylation sites (tertiary alicyclic amines) is 2. The number of rotatable bonds is 3. The Morgan fingerprint density at radius 2 is 1.61 bits per heavy atom. The lowest BCUT2D eigenvalue weighted by Crippen LogP contribution is -2.42. The van der Waals surface area contributed by atoms with Crippen molar-refractivity contribution >= 4 is 23.5 Å². The fourth-order valence-corrected chi connectivity index (χ4v) is 4.31. The van der Waals surface area contributed by atoms with Crippen molar-refractivity contribution in [1.29, 1.82) is 0 Å². The molecule has 0 N–H and O–H groups in total. The van der Waals surface area contributed by atoms with E-state index < -0.39 is 0 Å². The average molecular weight is 385 g/mol. The highest BCUT2D eigenvalue weighted by Crippen LogP contribution is 2.33. The lowest BCUT2D eigenvalue weighted by atomic mass is 9.92. The molecule has 1 aromatic heterocycles. The van der Waals surface area contributed by atoms with Gasteiger partial charge in [0.15, 0.2) is 5.82 Å². The summed E-state index contributed by atoms with van der Waals surface area (Å²) in [6.07, 6.45) is 0.447. The first-order valence-corrected chi connectivity index (χ1v) is 9.92. The van der Waals surface area contributed by atoms with E-state index in [1.54, 1.807) is 4.90 Å². The summed E-state index contributed by atoms with van der Waals surface area (Å²) < 4.78 is 0. The van der Waals surface area contributed by atoms with Crippen LogP contribution in [0.3, 0.4) is 0 Å². The summed E-state index contributed by atoms with van der Waals surface area (Å²) in [6, 6.07) is 4.07. The van der Waals surface area contributed by atoms with Gasteiger partial charge < -0.3 is 9.80 Å². The fraction of sp³-hybridized carbons (Fsp3) is 0.650. The first-order valence-electron chi connectivity index (χ1n) is 9.92. The van der Waals surface area contributed by atoms with Gasteiger partial charge >= 0.3 is 0 Å². The highest BCUT2D eigenvalue weighted by molar-refractivity contribution is 6.04. The normalized spacial score (nSPS) is 25.0. The molecule has 4 rings (SSSR count). The summed E-state index contributed by atoms with van der Waals surface area (Å²) in [7, 11) is 0. The maximum Gasteiger partial charge on any atom is 0.242 e. The zero-order valence-corrected chi connectivity index (χ0v) is 16.7. The second-order valence-corrected chi connectivity index (χ2v) is 9.12. The van der Waals surface area contributed by atoms with E-state index in [4.69, 9.17) is 0 Å².